The van der Waals surface area contributed by atoms with E-state index in [4.69, 9.17) is 0 Å². The van der Waals surface area contributed by atoms with Gasteiger partial charge in [0.2, 0.25) is 0 Å². The molecule has 1 aliphatic heterocycles. The first-order valence-electron chi connectivity index (χ1n) is 6.98. The molecule has 0 aliphatic carbocycles. The van der Waals surface area contributed by atoms with Crippen LogP contribution in [-0.2, 0) is 0 Å². The molecule has 4 heteroatoms. The van der Waals surface area contributed by atoms with Crippen LogP contribution in [0, 0.1) is 6.92 Å². The van der Waals surface area contributed by atoms with Crippen LogP contribution < -0.4 is 5.32 Å². The zero-order chi connectivity index (χ0) is 13.1. The number of rotatable bonds is 4. The average molecular weight is 267 g/mol. The van der Waals surface area contributed by atoms with Gasteiger partial charge >= 0.3 is 0 Å². The summed E-state index contributed by atoms with van der Waals surface area (Å²) in [4.78, 5) is 8.42. The molecule has 2 heterocycles. The summed E-state index contributed by atoms with van der Waals surface area (Å²) in [5.74, 6) is 0. The fraction of sp³-hybridized carbons (Fsp3) is 0.786. The van der Waals surface area contributed by atoms with Gasteiger partial charge in [0.1, 0.15) is 5.01 Å². The molecule has 18 heavy (non-hydrogen) atoms. The van der Waals surface area contributed by atoms with Gasteiger partial charge in [-0.05, 0) is 33.2 Å². The lowest BCUT2D eigenvalue weighted by molar-refractivity contribution is 0.142. The Morgan fingerprint density at radius 3 is 2.83 bits per heavy atom. The van der Waals surface area contributed by atoms with E-state index in [0.717, 1.165) is 6.54 Å². The van der Waals surface area contributed by atoms with Gasteiger partial charge in [0.05, 0.1) is 6.04 Å². The number of nitrogens with one attached hydrogen (secondary N) is 1. The van der Waals surface area contributed by atoms with Crippen molar-refractivity contribution in [2.24, 2.45) is 0 Å². The number of aryl methyl sites for hydroxylation is 1. The van der Waals surface area contributed by atoms with Crippen LogP contribution in [-0.4, -0.2) is 35.1 Å². The highest BCUT2D eigenvalue weighted by Gasteiger charge is 2.25. The molecule has 0 saturated carbocycles. The SMILES string of the molecule is Cc1cnc(C(C)N2CCCC(NC(C)C)C2)s1. The number of hydrogen-bond acceptors (Lipinski definition) is 4. The Balaban J connectivity index is 1.95. The molecule has 0 bridgehead atoms. The van der Waals surface area contributed by atoms with Crippen LogP contribution in [0.25, 0.3) is 0 Å². The van der Waals surface area contributed by atoms with Crippen LogP contribution in [0.5, 0.6) is 0 Å². The maximum atomic E-state index is 4.53. The summed E-state index contributed by atoms with van der Waals surface area (Å²) in [5.41, 5.74) is 0. The highest BCUT2D eigenvalue weighted by atomic mass is 32.1. The number of aromatic nitrogens is 1. The molecule has 2 atom stereocenters. The van der Waals surface area contributed by atoms with E-state index in [-0.39, 0.29) is 0 Å². The smallest absolute Gasteiger partial charge is 0.110 e. The molecule has 3 nitrogen and oxygen atoms in total. The normalized spacial score (nSPS) is 23.5. The molecular formula is C14H25N3S. The highest BCUT2D eigenvalue weighted by Crippen LogP contribution is 2.27. The molecule has 2 unspecified atom stereocenters. The lowest BCUT2D eigenvalue weighted by atomic mass is 10.0. The lowest BCUT2D eigenvalue weighted by Gasteiger charge is -2.37. The van der Waals surface area contributed by atoms with E-state index in [9.17, 15) is 0 Å². The van der Waals surface area contributed by atoms with Gasteiger partial charge in [0, 0.05) is 29.7 Å². The van der Waals surface area contributed by atoms with Crippen molar-refractivity contribution in [3.05, 3.63) is 16.1 Å². The topological polar surface area (TPSA) is 28.2 Å². The van der Waals surface area contributed by atoms with Gasteiger partial charge in [-0.2, -0.15) is 0 Å². The summed E-state index contributed by atoms with van der Waals surface area (Å²) in [5, 5.41) is 4.93. The van der Waals surface area contributed by atoms with E-state index < -0.39 is 0 Å². The number of piperidine rings is 1. The van der Waals surface area contributed by atoms with E-state index in [1.165, 1.54) is 29.3 Å². The van der Waals surface area contributed by atoms with E-state index in [0.29, 0.717) is 18.1 Å². The van der Waals surface area contributed by atoms with Gasteiger partial charge in [0.25, 0.3) is 0 Å². The van der Waals surface area contributed by atoms with Gasteiger partial charge in [0.15, 0.2) is 0 Å². The monoisotopic (exact) mass is 267 g/mol. The third-order valence-electron chi connectivity index (χ3n) is 3.57. The Kier molecular flexibility index (Phi) is 4.76. The first-order chi connectivity index (χ1) is 8.56. The Labute approximate surface area is 115 Å². The predicted molar refractivity (Wildman–Crippen MR) is 78.1 cm³/mol. The van der Waals surface area contributed by atoms with Crippen molar-refractivity contribution in [2.75, 3.05) is 13.1 Å². The summed E-state index contributed by atoms with van der Waals surface area (Å²) in [6.07, 6.45) is 4.58. The minimum absolute atomic E-state index is 0.459. The zero-order valence-electron chi connectivity index (χ0n) is 11.9. The molecule has 2 rings (SSSR count). The molecule has 1 N–H and O–H groups in total. The first kappa shape index (κ1) is 14.0. The molecule has 0 radical (unpaired) electrons. The molecule has 1 aliphatic rings. The maximum Gasteiger partial charge on any atom is 0.110 e. The van der Waals surface area contributed by atoms with E-state index in [1.54, 1.807) is 0 Å². The predicted octanol–water partition coefficient (Wildman–Crippen LogP) is 2.97. The maximum absolute atomic E-state index is 4.53. The molecule has 0 amide bonds. The van der Waals surface area contributed by atoms with Crippen molar-refractivity contribution in [3.63, 3.8) is 0 Å². The molecule has 0 aromatic carbocycles. The van der Waals surface area contributed by atoms with E-state index >= 15 is 0 Å². The van der Waals surface area contributed by atoms with Gasteiger partial charge in [-0.15, -0.1) is 11.3 Å². The van der Waals surface area contributed by atoms with Gasteiger partial charge < -0.3 is 5.32 Å². The van der Waals surface area contributed by atoms with Gasteiger partial charge in [-0.1, -0.05) is 13.8 Å². The minimum atomic E-state index is 0.459. The fourth-order valence-corrected chi connectivity index (χ4v) is 3.55. The first-order valence-corrected chi connectivity index (χ1v) is 7.80. The Hall–Kier alpha value is -0.450. The van der Waals surface area contributed by atoms with Crippen molar-refractivity contribution in [1.29, 1.82) is 0 Å². The largest absolute Gasteiger partial charge is 0.311 e. The quantitative estimate of drug-likeness (QED) is 0.909. The molecule has 1 aromatic heterocycles. The summed E-state index contributed by atoms with van der Waals surface area (Å²) in [6, 6.07) is 1.68. The Morgan fingerprint density at radius 2 is 2.22 bits per heavy atom. The summed E-state index contributed by atoms with van der Waals surface area (Å²) < 4.78 is 0. The second-order valence-electron chi connectivity index (χ2n) is 5.64. The minimum Gasteiger partial charge on any atom is -0.311 e. The second-order valence-corrected chi connectivity index (χ2v) is 6.91. The summed E-state index contributed by atoms with van der Waals surface area (Å²) in [7, 11) is 0. The molecule has 1 fully saturated rings. The van der Waals surface area contributed by atoms with Crippen molar-refractivity contribution < 1.29 is 0 Å². The van der Waals surface area contributed by atoms with E-state index in [2.05, 4.69) is 42.9 Å². The molecule has 1 saturated heterocycles. The zero-order valence-corrected chi connectivity index (χ0v) is 12.8. The van der Waals surface area contributed by atoms with Crippen molar-refractivity contribution in [3.8, 4) is 0 Å². The van der Waals surface area contributed by atoms with E-state index in [1.807, 2.05) is 17.5 Å². The van der Waals surface area contributed by atoms with Crippen LogP contribution in [0.4, 0.5) is 0 Å². The van der Waals surface area contributed by atoms with Crippen LogP contribution >= 0.6 is 11.3 Å². The van der Waals surface area contributed by atoms with Crippen LogP contribution in [0.3, 0.4) is 0 Å². The fourth-order valence-electron chi connectivity index (χ4n) is 2.69. The van der Waals surface area contributed by atoms with Crippen molar-refractivity contribution in [1.82, 2.24) is 15.2 Å². The second kappa shape index (κ2) is 6.13. The third kappa shape index (κ3) is 3.53. The summed E-state index contributed by atoms with van der Waals surface area (Å²) >= 11 is 1.83. The number of hydrogen-bond donors (Lipinski definition) is 1. The highest BCUT2D eigenvalue weighted by molar-refractivity contribution is 7.11. The lowest BCUT2D eigenvalue weighted by Crippen LogP contribution is -2.48. The van der Waals surface area contributed by atoms with Crippen LogP contribution in [0.1, 0.15) is 49.5 Å². The Morgan fingerprint density at radius 1 is 1.44 bits per heavy atom. The third-order valence-corrected chi connectivity index (χ3v) is 4.65. The van der Waals surface area contributed by atoms with Crippen molar-refractivity contribution >= 4 is 11.3 Å². The Bertz CT molecular complexity index is 375. The molecule has 0 spiro atoms. The van der Waals surface area contributed by atoms with Crippen LogP contribution in [0.15, 0.2) is 6.20 Å². The number of nitrogens with zero attached hydrogens (tertiary/aromatic N) is 2. The molecule has 102 valence electrons. The average Bonchev–Trinajstić information content (AvgIpc) is 2.74. The van der Waals surface area contributed by atoms with Crippen LogP contribution in [0.2, 0.25) is 0 Å². The summed E-state index contributed by atoms with van der Waals surface area (Å²) in [6.45, 7) is 11.2. The number of likely N-dealkylation sites (tertiary alicyclic amines) is 1. The standard InChI is InChI=1S/C14H25N3S/c1-10(2)16-13-6-5-7-17(9-13)12(4)14-15-8-11(3)18-14/h8,10,12-13,16H,5-7,9H2,1-4H3. The molecular weight excluding hydrogens is 242 g/mol. The number of thiazole rings is 1. The van der Waals surface area contributed by atoms with Gasteiger partial charge in [-0.3, -0.25) is 4.90 Å². The van der Waals surface area contributed by atoms with Gasteiger partial charge in [-0.25, -0.2) is 4.98 Å². The van der Waals surface area contributed by atoms with Crippen molar-refractivity contribution in [2.45, 2.75) is 58.7 Å². The molecule has 1 aromatic rings.